The molecule has 132 valence electrons. The minimum absolute atomic E-state index is 0.155. The number of sulfonamides is 1. The molecule has 1 aromatic heterocycles. The van der Waals surface area contributed by atoms with E-state index in [0.717, 1.165) is 19.5 Å². The lowest BCUT2D eigenvalue weighted by Gasteiger charge is -2.35. The molecule has 0 aliphatic carbocycles. The molecule has 1 fully saturated rings. The molecule has 1 unspecified atom stereocenters. The first kappa shape index (κ1) is 18.4. The third-order valence-electron chi connectivity index (χ3n) is 4.05. The van der Waals surface area contributed by atoms with Crippen LogP contribution in [0.5, 0.6) is 0 Å². The molecule has 0 aromatic carbocycles. The number of nitrogens with one attached hydrogen (secondary N) is 1. The van der Waals surface area contributed by atoms with Gasteiger partial charge in [-0.25, -0.2) is 13.1 Å². The molecular weight excluding hydrogens is 318 g/mol. The van der Waals surface area contributed by atoms with Gasteiger partial charge in [0.2, 0.25) is 10.0 Å². The Bertz CT molecular complexity index is 587. The maximum absolute atomic E-state index is 12.6. The number of hydrogen-bond donors (Lipinski definition) is 1. The van der Waals surface area contributed by atoms with E-state index in [2.05, 4.69) is 28.6 Å². The number of aromatic nitrogens is 1. The third kappa shape index (κ3) is 4.76. The average Bonchev–Trinajstić information content (AvgIpc) is 2.84. The monoisotopic (exact) mass is 345 g/mol. The van der Waals surface area contributed by atoms with Gasteiger partial charge >= 0.3 is 0 Å². The molecule has 0 saturated carbocycles. The van der Waals surface area contributed by atoms with E-state index in [1.165, 1.54) is 0 Å². The van der Waals surface area contributed by atoms with Gasteiger partial charge in [0.15, 0.2) is 5.76 Å². The molecule has 1 saturated heterocycles. The van der Waals surface area contributed by atoms with Crippen LogP contribution in [0.4, 0.5) is 0 Å². The van der Waals surface area contributed by atoms with E-state index in [-0.39, 0.29) is 10.9 Å². The van der Waals surface area contributed by atoms with Crippen molar-refractivity contribution in [2.45, 2.75) is 45.1 Å². The average molecular weight is 345 g/mol. The predicted octanol–water partition coefficient (Wildman–Crippen LogP) is 1.32. The molecule has 2 heterocycles. The second-order valence-electron chi connectivity index (χ2n) is 6.44. The number of rotatable bonds is 7. The summed E-state index contributed by atoms with van der Waals surface area (Å²) in [4.78, 5) is 2.46. The zero-order chi connectivity index (χ0) is 17.0. The van der Waals surface area contributed by atoms with E-state index in [4.69, 9.17) is 9.26 Å². The highest BCUT2D eigenvalue weighted by molar-refractivity contribution is 7.89. The van der Waals surface area contributed by atoms with Crippen LogP contribution in [0.25, 0.3) is 0 Å². The summed E-state index contributed by atoms with van der Waals surface area (Å²) in [6.45, 7) is 11.0. The Labute approximate surface area is 138 Å². The summed E-state index contributed by atoms with van der Waals surface area (Å²) in [5.41, 5.74) is 0.391. The number of nitrogens with zero attached hydrogens (tertiary/aromatic N) is 2. The van der Waals surface area contributed by atoms with Gasteiger partial charge in [-0.1, -0.05) is 19.0 Å². The standard InChI is InChI=1S/C15H27N3O4S/c1-11(2)9-14(18-5-7-21-8-6-18)10-16-23(19,20)15-12(3)17-22-13(15)4/h11,14,16H,5-10H2,1-4H3. The van der Waals surface area contributed by atoms with Gasteiger partial charge in [0.1, 0.15) is 10.6 Å². The lowest BCUT2D eigenvalue weighted by molar-refractivity contribution is 0.0134. The summed E-state index contributed by atoms with van der Waals surface area (Å²) >= 11 is 0. The molecule has 1 N–H and O–H groups in total. The van der Waals surface area contributed by atoms with Crippen LogP contribution in [-0.2, 0) is 14.8 Å². The van der Waals surface area contributed by atoms with Gasteiger partial charge in [0.25, 0.3) is 0 Å². The van der Waals surface area contributed by atoms with Crippen molar-refractivity contribution >= 4 is 10.0 Å². The smallest absolute Gasteiger partial charge is 0.246 e. The van der Waals surface area contributed by atoms with Gasteiger partial charge in [-0.2, -0.15) is 0 Å². The molecule has 0 spiro atoms. The summed E-state index contributed by atoms with van der Waals surface area (Å²) in [6.07, 6.45) is 0.935. The van der Waals surface area contributed by atoms with Crippen molar-refractivity contribution < 1.29 is 17.7 Å². The Morgan fingerprint density at radius 3 is 2.43 bits per heavy atom. The van der Waals surface area contributed by atoms with Crippen molar-refractivity contribution in [1.82, 2.24) is 14.8 Å². The van der Waals surface area contributed by atoms with E-state index in [0.29, 0.717) is 37.1 Å². The molecule has 7 nitrogen and oxygen atoms in total. The fraction of sp³-hybridized carbons (Fsp3) is 0.800. The Balaban J connectivity index is 2.07. The molecule has 23 heavy (non-hydrogen) atoms. The van der Waals surface area contributed by atoms with Crippen LogP contribution in [-0.4, -0.2) is 57.4 Å². The predicted molar refractivity (Wildman–Crippen MR) is 86.8 cm³/mol. The van der Waals surface area contributed by atoms with E-state index in [1.807, 2.05) is 0 Å². The first-order chi connectivity index (χ1) is 10.8. The molecule has 0 radical (unpaired) electrons. The molecule has 2 rings (SSSR count). The Hall–Kier alpha value is -0.960. The highest BCUT2D eigenvalue weighted by Gasteiger charge is 2.27. The number of aryl methyl sites for hydroxylation is 2. The summed E-state index contributed by atoms with van der Waals surface area (Å²) in [5.74, 6) is 0.813. The van der Waals surface area contributed by atoms with Crippen molar-refractivity contribution in [3.8, 4) is 0 Å². The maximum atomic E-state index is 12.6. The highest BCUT2D eigenvalue weighted by atomic mass is 32.2. The second-order valence-corrected chi connectivity index (χ2v) is 8.14. The normalized spacial score (nSPS) is 18.5. The van der Waals surface area contributed by atoms with E-state index in [9.17, 15) is 8.42 Å². The van der Waals surface area contributed by atoms with Crippen molar-refractivity contribution in [1.29, 1.82) is 0 Å². The summed E-state index contributed by atoms with van der Waals surface area (Å²) in [6, 6.07) is 0.161. The van der Waals surface area contributed by atoms with Crippen LogP contribution in [0.2, 0.25) is 0 Å². The first-order valence-corrected chi connectivity index (χ1v) is 9.54. The highest BCUT2D eigenvalue weighted by Crippen LogP contribution is 2.19. The third-order valence-corrected chi connectivity index (χ3v) is 5.72. The molecule has 0 bridgehead atoms. The molecule has 1 aromatic rings. The van der Waals surface area contributed by atoms with Crippen LogP contribution in [0.3, 0.4) is 0 Å². The zero-order valence-electron chi connectivity index (χ0n) is 14.3. The van der Waals surface area contributed by atoms with Gasteiger partial charge in [-0.05, 0) is 26.2 Å². The second kappa shape index (κ2) is 7.74. The lowest BCUT2D eigenvalue weighted by atomic mass is 10.0. The lowest BCUT2D eigenvalue weighted by Crippen LogP contribution is -2.49. The fourth-order valence-corrected chi connectivity index (χ4v) is 4.38. The van der Waals surface area contributed by atoms with Gasteiger partial charge in [0, 0.05) is 25.7 Å². The Kier molecular flexibility index (Phi) is 6.19. The summed E-state index contributed by atoms with van der Waals surface area (Å²) in [7, 11) is -3.61. The van der Waals surface area contributed by atoms with Gasteiger partial charge in [-0.15, -0.1) is 0 Å². The van der Waals surface area contributed by atoms with E-state index >= 15 is 0 Å². The zero-order valence-corrected chi connectivity index (χ0v) is 15.1. The van der Waals surface area contributed by atoms with Gasteiger partial charge in [-0.3, -0.25) is 4.90 Å². The minimum atomic E-state index is -3.61. The Morgan fingerprint density at radius 2 is 1.91 bits per heavy atom. The van der Waals surface area contributed by atoms with Crippen LogP contribution >= 0.6 is 0 Å². The van der Waals surface area contributed by atoms with Gasteiger partial charge < -0.3 is 9.26 Å². The first-order valence-electron chi connectivity index (χ1n) is 8.05. The largest absolute Gasteiger partial charge is 0.379 e. The van der Waals surface area contributed by atoms with Gasteiger partial charge in [0.05, 0.1) is 13.2 Å². The topological polar surface area (TPSA) is 84.7 Å². The van der Waals surface area contributed by atoms with Crippen LogP contribution in [0.1, 0.15) is 31.7 Å². The molecule has 1 aliphatic rings. The van der Waals surface area contributed by atoms with E-state index < -0.39 is 10.0 Å². The van der Waals surface area contributed by atoms with Crippen molar-refractivity contribution in [3.05, 3.63) is 11.5 Å². The van der Waals surface area contributed by atoms with Crippen molar-refractivity contribution in [2.75, 3.05) is 32.8 Å². The molecule has 1 atom stereocenters. The Morgan fingerprint density at radius 1 is 1.26 bits per heavy atom. The molecule has 8 heteroatoms. The maximum Gasteiger partial charge on any atom is 0.246 e. The molecular formula is C15H27N3O4S. The number of ether oxygens (including phenoxy) is 1. The molecule has 0 amide bonds. The van der Waals surface area contributed by atoms with Crippen LogP contribution in [0, 0.1) is 19.8 Å². The van der Waals surface area contributed by atoms with Crippen molar-refractivity contribution in [2.24, 2.45) is 5.92 Å². The summed E-state index contributed by atoms with van der Waals surface area (Å²) < 4.78 is 38.2. The van der Waals surface area contributed by atoms with E-state index in [1.54, 1.807) is 13.8 Å². The number of hydrogen-bond acceptors (Lipinski definition) is 6. The quantitative estimate of drug-likeness (QED) is 0.802. The van der Waals surface area contributed by atoms with Crippen molar-refractivity contribution in [3.63, 3.8) is 0 Å². The number of morpholine rings is 1. The van der Waals surface area contributed by atoms with Crippen LogP contribution < -0.4 is 4.72 Å². The summed E-state index contributed by atoms with van der Waals surface area (Å²) in [5, 5.41) is 3.73. The van der Waals surface area contributed by atoms with Crippen LogP contribution in [0.15, 0.2) is 9.42 Å². The molecule has 1 aliphatic heterocycles. The minimum Gasteiger partial charge on any atom is -0.379 e. The fourth-order valence-electron chi connectivity index (χ4n) is 2.98. The SMILES string of the molecule is Cc1noc(C)c1S(=O)(=O)NCC(CC(C)C)N1CCOCC1.